The van der Waals surface area contributed by atoms with Crippen LogP contribution in [0.2, 0.25) is 0 Å². The predicted molar refractivity (Wildman–Crippen MR) is 102 cm³/mol. The highest BCUT2D eigenvalue weighted by molar-refractivity contribution is 5.94. The maximum atomic E-state index is 13.4. The Morgan fingerprint density at radius 2 is 1.90 bits per heavy atom. The molecule has 152 valence electrons. The first-order valence-corrected chi connectivity index (χ1v) is 9.51. The second-order valence-corrected chi connectivity index (χ2v) is 7.87. The first-order chi connectivity index (χ1) is 13.8. The number of carbonyl (C=O) groups is 1. The molecule has 0 spiro atoms. The van der Waals surface area contributed by atoms with Gasteiger partial charge in [-0.15, -0.1) is 0 Å². The van der Waals surface area contributed by atoms with Crippen LogP contribution < -0.4 is 0 Å². The number of rotatable bonds is 3. The third-order valence-corrected chi connectivity index (χ3v) is 5.43. The van der Waals surface area contributed by atoms with Crippen molar-refractivity contribution in [3.05, 3.63) is 52.9 Å². The zero-order valence-electron chi connectivity index (χ0n) is 16.6. The van der Waals surface area contributed by atoms with Gasteiger partial charge in [-0.25, -0.2) is 18.3 Å². The average Bonchev–Trinajstić information content (AvgIpc) is 3.14. The van der Waals surface area contributed by atoms with E-state index in [-0.39, 0.29) is 17.4 Å². The molecule has 7 nitrogen and oxygen atoms in total. The molecule has 0 aliphatic carbocycles. The molecule has 0 bridgehead atoms. The van der Waals surface area contributed by atoms with Gasteiger partial charge in [-0.1, -0.05) is 6.92 Å². The first-order valence-electron chi connectivity index (χ1n) is 9.51. The number of aryl methyl sites for hydroxylation is 2. The van der Waals surface area contributed by atoms with Gasteiger partial charge in [-0.2, -0.15) is 10.1 Å². The maximum absolute atomic E-state index is 13.4. The van der Waals surface area contributed by atoms with Crippen molar-refractivity contribution in [2.75, 3.05) is 13.1 Å². The molecule has 0 unspecified atom stereocenters. The Labute approximate surface area is 166 Å². The van der Waals surface area contributed by atoms with Crippen LogP contribution in [0, 0.1) is 13.8 Å². The molecule has 9 heteroatoms. The molecule has 4 heterocycles. The van der Waals surface area contributed by atoms with Crippen molar-refractivity contribution >= 4 is 11.7 Å². The number of piperidine rings is 1. The lowest BCUT2D eigenvalue weighted by atomic mass is 9.78. The van der Waals surface area contributed by atoms with Crippen LogP contribution in [0.5, 0.6) is 0 Å². The maximum Gasteiger partial charge on any atom is 0.280 e. The molecule has 1 fully saturated rings. The van der Waals surface area contributed by atoms with Gasteiger partial charge in [0, 0.05) is 35.5 Å². The second kappa shape index (κ2) is 7.13. The number of fused-ring (bicyclic) bond motifs is 1. The molecule has 0 N–H and O–H groups in total. The third-order valence-electron chi connectivity index (χ3n) is 5.43. The standard InChI is InChI=1S/C20H22F2N6O/c1-12-7-14(8-13(2)25-12)18(29)27-6-4-5-20(3,10-27)16-9-15(17(21)22)26-19-23-11-24-28(16)19/h7-9,11,17H,4-6,10H2,1-3H3/t20-/m0/s1. The van der Waals surface area contributed by atoms with Crippen molar-refractivity contribution in [2.24, 2.45) is 0 Å². The molecule has 3 aromatic heterocycles. The van der Waals surface area contributed by atoms with Crippen molar-refractivity contribution in [3.63, 3.8) is 0 Å². The van der Waals surface area contributed by atoms with Gasteiger partial charge in [0.2, 0.25) is 0 Å². The molecule has 29 heavy (non-hydrogen) atoms. The number of alkyl halides is 2. The summed E-state index contributed by atoms with van der Waals surface area (Å²) >= 11 is 0. The summed E-state index contributed by atoms with van der Waals surface area (Å²) in [5.74, 6) is 0.0605. The Bertz CT molecular complexity index is 1060. The molecule has 0 saturated carbocycles. The monoisotopic (exact) mass is 400 g/mol. The lowest BCUT2D eigenvalue weighted by Gasteiger charge is -2.40. The van der Waals surface area contributed by atoms with Crippen LogP contribution >= 0.6 is 0 Å². The molecular formula is C20H22F2N6O. The molecule has 1 aliphatic heterocycles. The van der Waals surface area contributed by atoms with E-state index in [2.05, 4.69) is 20.1 Å². The number of likely N-dealkylation sites (tertiary alicyclic amines) is 1. The zero-order chi connectivity index (χ0) is 20.8. The number of carbonyl (C=O) groups excluding carboxylic acids is 1. The number of pyridine rings is 1. The highest BCUT2D eigenvalue weighted by Gasteiger charge is 2.38. The summed E-state index contributed by atoms with van der Waals surface area (Å²) < 4.78 is 28.3. The minimum absolute atomic E-state index is 0.0810. The molecule has 1 saturated heterocycles. The van der Waals surface area contributed by atoms with Crippen molar-refractivity contribution in [1.29, 1.82) is 0 Å². The number of nitrogens with zero attached hydrogens (tertiary/aromatic N) is 6. The van der Waals surface area contributed by atoms with Crippen LogP contribution in [0.1, 0.15) is 59.3 Å². The molecule has 0 radical (unpaired) electrons. The smallest absolute Gasteiger partial charge is 0.280 e. The van der Waals surface area contributed by atoms with E-state index < -0.39 is 11.8 Å². The lowest BCUT2D eigenvalue weighted by molar-refractivity contribution is 0.0644. The zero-order valence-corrected chi connectivity index (χ0v) is 16.6. The first kappa shape index (κ1) is 19.4. The second-order valence-electron chi connectivity index (χ2n) is 7.87. The Balaban J connectivity index is 1.71. The lowest BCUT2D eigenvalue weighted by Crippen LogP contribution is -2.48. The number of hydrogen-bond acceptors (Lipinski definition) is 5. The van der Waals surface area contributed by atoms with Gasteiger partial charge in [-0.05, 0) is 44.9 Å². The van der Waals surface area contributed by atoms with E-state index in [1.165, 1.54) is 16.9 Å². The van der Waals surface area contributed by atoms with Crippen molar-refractivity contribution < 1.29 is 13.6 Å². The van der Waals surface area contributed by atoms with Gasteiger partial charge < -0.3 is 4.90 Å². The van der Waals surface area contributed by atoms with Gasteiger partial charge in [0.1, 0.15) is 12.0 Å². The van der Waals surface area contributed by atoms with E-state index in [9.17, 15) is 13.6 Å². The van der Waals surface area contributed by atoms with Crippen LogP contribution in [0.25, 0.3) is 5.78 Å². The fourth-order valence-electron chi connectivity index (χ4n) is 4.13. The molecule has 0 aromatic carbocycles. The largest absolute Gasteiger partial charge is 0.338 e. The Hall–Kier alpha value is -2.97. The Morgan fingerprint density at radius 3 is 2.59 bits per heavy atom. The predicted octanol–water partition coefficient (Wildman–Crippen LogP) is 3.27. The van der Waals surface area contributed by atoms with Gasteiger partial charge in [0.15, 0.2) is 0 Å². The average molecular weight is 400 g/mol. The third kappa shape index (κ3) is 3.56. The van der Waals surface area contributed by atoms with Gasteiger partial charge in [0.25, 0.3) is 18.1 Å². The molecule has 4 rings (SSSR count). The molecule has 1 aliphatic rings. The minimum atomic E-state index is -2.71. The van der Waals surface area contributed by atoms with E-state index in [1.54, 1.807) is 17.0 Å². The molecular weight excluding hydrogens is 378 g/mol. The highest BCUT2D eigenvalue weighted by atomic mass is 19.3. The van der Waals surface area contributed by atoms with E-state index >= 15 is 0 Å². The van der Waals surface area contributed by atoms with Crippen LogP contribution in [0.15, 0.2) is 24.5 Å². The summed E-state index contributed by atoms with van der Waals surface area (Å²) in [5, 5.41) is 4.18. The Morgan fingerprint density at radius 1 is 1.17 bits per heavy atom. The Kier molecular flexibility index (Phi) is 4.76. The van der Waals surface area contributed by atoms with Gasteiger partial charge in [-0.3, -0.25) is 9.78 Å². The number of hydrogen-bond donors (Lipinski definition) is 0. The van der Waals surface area contributed by atoms with E-state index in [0.29, 0.717) is 24.3 Å². The molecule has 1 atom stereocenters. The summed E-state index contributed by atoms with van der Waals surface area (Å²) in [7, 11) is 0. The van der Waals surface area contributed by atoms with Crippen LogP contribution in [-0.4, -0.2) is 48.5 Å². The summed E-state index contributed by atoms with van der Waals surface area (Å²) in [5.41, 5.74) is 1.87. The van der Waals surface area contributed by atoms with Crippen LogP contribution in [-0.2, 0) is 5.41 Å². The number of aromatic nitrogens is 5. The van der Waals surface area contributed by atoms with Crippen LogP contribution in [0.4, 0.5) is 8.78 Å². The quantitative estimate of drug-likeness (QED) is 0.675. The fraction of sp³-hybridized carbons (Fsp3) is 0.450. The minimum Gasteiger partial charge on any atom is -0.338 e. The van der Waals surface area contributed by atoms with E-state index in [1.807, 2.05) is 20.8 Å². The number of halogens is 2. The summed E-state index contributed by atoms with van der Waals surface area (Å²) in [6.07, 6.45) is 0.0995. The van der Waals surface area contributed by atoms with Crippen molar-refractivity contribution in [2.45, 2.75) is 45.5 Å². The topological polar surface area (TPSA) is 76.3 Å². The van der Waals surface area contributed by atoms with Crippen molar-refractivity contribution in [1.82, 2.24) is 29.5 Å². The normalized spacial score (nSPS) is 19.9. The molecule has 3 aromatic rings. The van der Waals surface area contributed by atoms with Crippen LogP contribution in [0.3, 0.4) is 0 Å². The molecule has 1 amide bonds. The SMILES string of the molecule is Cc1cc(C(=O)N2CCC[C@](C)(c3cc(C(F)F)nc4ncnn34)C2)cc(C)n1. The van der Waals surface area contributed by atoms with E-state index in [0.717, 1.165) is 24.2 Å². The summed E-state index contributed by atoms with van der Waals surface area (Å²) in [4.78, 5) is 27.1. The summed E-state index contributed by atoms with van der Waals surface area (Å²) in [6, 6.07) is 4.94. The fourth-order valence-corrected chi connectivity index (χ4v) is 4.13. The van der Waals surface area contributed by atoms with Gasteiger partial charge >= 0.3 is 0 Å². The van der Waals surface area contributed by atoms with Gasteiger partial charge in [0.05, 0.1) is 5.69 Å². The highest BCUT2D eigenvalue weighted by Crippen LogP contribution is 2.35. The van der Waals surface area contributed by atoms with E-state index in [4.69, 9.17) is 0 Å². The number of amides is 1. The van der Waals surface area contributed by atoms with Crippen molar-refractivity contribution in [3.8, 4) is 0 Å². The summed E-state index contributed by atoms with van der Waals surface area (Å²) in [6.45, 7) is 6.69.